The van der Waals surface area contributed by atoms with E-state index in [9.17, 15) is 0 Å². The molecule has 0 spiro atoms. The maximum absolute atomic E-state index is 5.53. The number of hydrogen-bond acceptors (Lipinski definition) is 3. The van der Waals surface area contributed by atoms with Crippen LogP contribution in [0.4, 0.5) is 5.82 Å². The number of anilines is 1. The predicted octanol–water partition coefficient (Wildman–Crippen LogP) is 1.83. The molecule has 1 aromatic rings. The molecule has 78 valence electrons. The zero-order valence-corrected chi connectivity index (χ0v) is 8.74. The van der Waals surface area contributed by atoms with E-state index < -0.39 is 0 Å². The maximum atomic E-state index is 5.53. The Morgan fingerprint density at radius 1 is 1.43 bits per heavy atom. The van der Waals surface area contributed by atoms with E-state index in [4.69, 9.17) is 5.73 Å². The van der Waals surface area contributed by atoms with Gasteiger partial charge in [-0.05, 0) is 18.3 Å². The van der Waals surface area contributed by atoms with Crippen LogP contribution in [0.3, 0.4) is 0 Å². The standard InChI is InChI=1S/C10H18N4/c1-10(5-3-2-4-6-10)8-14-7-9(11)12-13-14/h7H,2-6,8,11H2,1H3. The van der Waals surface area contributed by atoms with Crippen molar-refractivity contribution in [1.82, 2.24) is 15.0 Å². The largest absolute Gasteiger partial charge is 0.381 e. The smallest absolute Gasteiger partial charge is 0.165 e. The summed E-state index contributed by atoms with van der Waals surface area (Å²) in [6, 6.07) is 0. The van der Waals surface area contributed by atoms with Gasteiger partial charge in [0, 0.05) is 6.54 Å². The quantitative estimate of drug-likeness (QED) is 0.781. The Hall–Kier alpha value is -1.06. The van der Waals surface area contributed by atoms with Crippen molar-refractivity contribution in [3.63, 3.8) is 0 Å². The van der Waals surface area contributed by atoms with Gasteiger partial charge < -0.3 is 5.73 Å². The van der Waals surface area contributed by atoms with Crippen LogP contribution in [0, 0.1) is 5.41 Å². The van der Waals surface area contributed by atoms with Crippen LogP contribution in [-0.4, -0.2) is 15.0 Å². The minimum Gasteiger partial charge on any atom is -0.381 e. The summed E-state index contributed by atoms with van der Waals surface area (Å²) in [6.07, 6.45) is 8.50. The number of nitrogens with two attached hydrogens (primary N) is 1. The van der Waals surface area contributed by atoms with Gasteiger partial charge in [-0.3, -0.25) is 0 Å². The third kappa shape index (κ3) is 2.05. The van der Waals surface area contributed by atoms with Gasteiger partial charge in [0.05, 0.1) is 6.20 Å². The zero-order chi connectivity index (χ0) is 10.0. The third-order valence-corrected chi connectivity index (χ3v) is 3.16. The van der Waals surface area contributed by atoms with E-state index in [2.05, 4.69) is 17.2 Å². The Balaban J connectivity index is 2.01. The molecule has 0 radical (unpaired) electrons. The Morgan fingerprint density at radius 3 is 2.71 bits per heavy atom. The van der Waals surface area contributed by atoms with Crippen LogP contribution in [0.25, 0.3) is 0 Å². The van der Waals surface area contributed by atoms with Crippen molar-refractivity contribution in [3.8, 4) is 0 Å². The fraction of sp³-hybridized carbons (Fsp3) is 0.800. The molecule has 0 bridgehead atoms. The van der Waals surface area contributed by atoms with E-state index >= 15 is 0 Å². The van der Waals surface area contributed by atoms with E-state index in [0.717, 1.165) is 6.54 Å². The molecule has 0 amide bonds. The number of rotatable bonds is 2. The molecular formula is C10H18N4. The molecule has 0 atom stereocenters. The number of nitrogens with zero attached hydrogens (tertiary/aromatic N) is 3. The van der Waals surface area contributed by atoms with E-state index in [1.165, 1.54) is 32.1 Å². The summed E-state index contributed by atoms with van der Waals surface area (Å²) in [5.41, 5.74) is 5.93. The third-order valence-electron chi connectivity index (χ3n) is 3.16. The Morgan fingerprint density at radius 2 is 2.14 bits per heavy atom. The molecule has 1 aliphatic carbocycles. The second-order valence-corrected chi connectivity index (χ2v) is 4.71. The fourth-order valence-corrected chi connectivity index (χ4v) is 2.35. The van der Waals surface area contributed by atoms with Gasteiger partial charge in [-0.15, -0.1) is 5.10 Å². The zero-order valence-electron chi connectivity index (χ0n) is 8.74. The molecule has 0 aromatic carbocycles. The van der Waals surface area contributed by atoms with Crippen LogP contribution in [0.15, 0.2) is 6.20 Å². The van der Waals surface area contributed by atoms with E-state index in [1.54, 1.807) is 0 Å². The van der Waals surface area contributed by atoms with E-state index in [0.29, 0.717) is 11.2 Å². The Kier molecular flexibility index (Phi) is 2.44. The molecule has 0 aliphatic heterocycles. The van der Waals surface area contributed by atoms with Crippen LogP contribution in [0.5, 0.6) is 0 Å². The lowest BCUT2D eigenvalue weighted by Crippen LogP contribution is -2.26. The topological polar surface area (TPSA) is 56.7 Å². The molecular weight excluding hydrogens is 176 g/mol. The first kappa shape index (κ1) is 9.49. The lowest BCUT2D eigenvalue weighted by Gasteiger charge is -2.33. The predicted molar refractivity (Wildman–Crippen MR) is 55.6 cm³/mol. The highest BCUT2D eigenvalue weighted by Crippen LogP contribution is 2.36. The van der Waals surface area contributed by atoms with Gasteiger partial charge in [0.2, 0.25) is 0 Å². The van der Waals surface area contributed by atoms with Gasteiger partial charge in [-0.1, -0.05) is 31.4 Å². The van der Waals surface area contributed by atoms with Crippen molar-refractivity contribution in [2.45, 2.75) is 45.6 Å². The molecule has 4 heteroatoms. The van der Waals surface area contributed by atoms with Crippen molar-refractivity contribution in [2.24, 2.45) is 5.41 Å². The van der Waals surface area contributed by atoms with Crippen molar-refractivity contribution < 1.29 is 0 Å². The average Bonchev–Trinajstić information content (AvgIpc) is 2.51. The molecule has 1 heterocycles. The van der Waals surface area contributed by atoms with Crippen molar-refractivity contribution >= 4 is 5.82 Å². The first-order valence-electron chi connectivity index (χ1n) is 5.34. The van der Waals surface area contributed by atoms with Gasteiger partial charge in [-0.25, -0.2) is 4.68 Å². The molecule has 0 saturated heterocycles. The fourth-order valence-electron chi connectivity index (χ4n) is 2.35. The molecule has 4 nitrogen and oxygen atoms in total. The van der Waals surface area contributed by atoms with Crippen molar-refractivity contribution in [1.29, 1.82) is 0 Å². The lowest BCUT2D eigenvalue weighted by atomic mass is 9.76. The average molecular weight is 194 g/mol. The van der Waals surface area contributed by atoms with Gasteiger partial charge in [-0.2, -0.15) is 0 Å². The van der Waals surface area contributed by atoms with Crippen LogP contribution in [-0.2, 0) is 6.54 Å². The number of aromatic nitrogens is 3. The molecule has 2 N–H and O–H groups in total. The highest BCUT2D eigenvalue weighted by molar-refractivity contribution is 5.19. The highest BCUT2D eigenvalue weighted by atomic mass is 15.4. The summed E-state index contributed by atoms with van der Waals surface area (Å²) < 4.78 is 1.88. The van der Waals surface area contributed by atoms with E-state index in [1.807, 2.05) is 10.9 Å². The lowest BCUT2D eigenvalue weighted by molar-refractivity contribution is 0.174. The molecule has 14 heavy (non-hydrogen) atoms. The monoisotopic (exact) mass is 194 g/mol. The summed E-state index contributed by atoms with van der Waals surface area (Å²) in [7, 11) is 0. The summed E-state index contributed by atoms with van der Waals surface area (Å²) in [5.74, 6) is 0.518. The minimum absolute atomic E-state index is 0.401. The summed E-state index contributed by atoms with van der Waals surface area (Å²) in [5, 5.41) is 7.80. The van der Waals surface area contributed by atoms with Gasteiger partial charge in [0.15, 0.2) is 5.82 Å². The first-order valence-corrected chi connectivity index (χ1v) is 5.34. The van der Waals surface area contributed by atoms with Crippen LogP contribution in [0.2, 0.25) is 0 Å². The minimum atomic E-state index is 0.401. The molecule has 1 saturated carbocycles. The molecule has 1 aliphatic rings. The summed E-state index contributed by atoms with van der Waals surface area (Å²) in [4.78, 5) is 0. The second-order valence-electron chi connectivity index (χ2n) is 4.71. The van der Waals surface area contributed by atoms with Crippen LogP contribution < -0.4 is 5.73 Å². The number of hydrogen-bond donors (Lipinski definition) is 1. The van der Waals surface area contributed by atoms with Gasteiger partial charge in [0.1, 0.15) is 0 Å². The second kappa shape index (κ2) is 3.59. The summed E-state index contributed by atoms with van der Waals surface area (Å²) in [6.45, 7) is 3.29. The molecule has 1 fully saturated rings. The summed E-state index contributed by atoms with van der Waals surface area (Å²) >= 11 is 0. The molecule has 0 unspecified atom stereocenters. The SMILES string of the molecule is CC1(Cn2cc(N)nn2)CCCCC1. The van der Waals surface area contributed by atoms with Crippen molar-refractivity contribution in [3.05, 3.63) is 6.20 Å². The normalized spacial score (nSPS) is 20.9. The van der Waals surface area contributed by atoms with Crippen LogP contribution in [0.1, 0.15) is 39.0 Å². The number of nitrogen functional groups attached to an aromatic ring is 1. The van der Waals surface area contributed by atoms with Crippen molar-refractivity contribution in [2.75, 3.05) is 5.73 Å². The van der Waals surface area contributed by atoms with Crippen LogP contribution >= 0.6 is 0 Å². The Bertz CT molecular complexity index is 299. The molecule has 1 aromatic heterocycles. The maximum Gasteiger partial charge on any atom is 0.165 e. The highest BCUT2D eigenvalue weighted by Gasteiger charge is 2.27. The van der Waals surface area contributed by atoms with Gasteiger partial charge in [0.25, 0.3) is 0 Å². The Labute approximate surface area is 84.5 Å². The van der Waals surface area contributed by atoms with Gasteiger partial charge >= 0.3 is 0 Å². The molecule has 2 rings (SSSR count). The van der Waals surface area contributed by atoms with E-state index in [-0.39, 0.29) is 0 Å². The first-order chi connectivity index (χ1) is 6.68.